The quantitative estimate of drug-likeness (QED) is 0.209. The maximum Gasteiger partial charge on any atom is 0.119 e. The predicted molar refractivity (Wildman–Crippen MR) is 102 cm³/mol. The Bertz CT molecular complexity index is 173. The van der Waals surface area contributed by atoms with E-state index in [4.69, 9.17) is 0 Å². The third kappa shape index (κ3) is 27.9. The van der Waals surface area contributed by atoms with Crippen molar-refractivity contribution in [2.75, 3.05) is 0 Å². The molecule has 0 amide bonds. The van der Waals surface area contributed by atoms with Gasteiger partial charge in [-0.05, 0) is 6.42 Å². The van der Waals surface area contributed by atoms with Crippen molar-refractivity contribution in [1.29, 1.82) is 0 Å². The largest absolute Gasteiger partial charge is 0.303 e. The maximum atomic E-state index is 10.1. The highest BCUT2D eigenvalue weighted by atomic mass is 16.1. The fourth-order valence-electron chi connectivity index (χ4n) is 2.57. The van der Waals surface area contributed by atoms with Crippen molar-refractivity contribution in [2.45, 2.75) is 130 Å². The zero-order valence-electron chi connectivity index (χ0n) is 16.0. The van der Waals surface area contributed by atoms with Gasteiger partial charge in [-0.15, -0.1) is 0 Å². The molecule has 0 aromatic carbocycles. The molecule has 0 radical (unpaired) electrons. The molecule has 0 aromatic rings. The molecular weight excluding hydrogens is 268 g/mol. The summed E-state index contributed by atoms with van der Waals surface area (Å²) in [7, 11) is 0. The maximum absolute atomic E-state index is 10.1. The van der Waals surface area contributed by atoms with E-state index in [0.29, 0.717) is 0 Å². The van der Waals surface area contributed by atoms with Crippen LogP contribution >= 0.6 is 0 Å². The highest BCUT2D eigenvalue weighted by Crippen LogP contribution is 2.12. The topological polar surface area (TPSA) is 17.1 Å². The Balaban J connectivity index is 0. The minimum Gasteiger partial charge on any atom is -0.303 e. The lowest BCUT2D eigenvalue weighted by atomic mass is 10.0. The summed E-state index contributed by atoms with van der Waals surface area (Å²) in [6, 6.07) is 0. The third-order valence-electron chi connectivity index (χ3n) is 4.13. The number of hydrogen-bond donors (Lipinski definition) is 0. The summed E-state index contributed by atoms with van der Waals surface area (Å²) in [6.07, 6.45) is 23.7. The highest BCUT2D eigenvalue weighted by Gasteiger charge is 1.92. The van der Waals surface area contributed by atoms with Gasteiger partial charge < -0.3 is 4.79 Å². The molecule has 0 fully saturated rings. The van der Waals surface area contributed by atoms with Crippen molar-refractivity contribution in [2.24, 2.45) is 0 Å². The van der Waals surface area contributed by atoms with Gasteiger partial charge in [0.05, 0.1) is 0 Å². The Labute approximate surface area is 141 Å². The Hall–Kier alpha value is -0.330. The first-order valence-corrected chi connectivity index (χ1v) is 10.3. The molecule has 0 rings (SSSR count). The molecule has 134 valence electrons. The average molecular weight is 313 g/mol. The molecule has 0 aliphatic rings. The van der Waals surface area contributed by atoms with Crippen molar-refractivity contribution >= 4 is 6.29 Å². The zero-order valence-corrected chi connectivity index (χ0v) is 16.0. The Morgan fingerprint density at radius 3 is 1.05 bits per heavy atom. The van der Waals surface area contributed by atoms with Crippen LogP contribution in [0.5, 0.6) is 0 Å². The van der Waals surface area contributed by atoms with E-state index in [1.54, 1.807) is 0 Å². The average Bonchev–Trinajstić information content (AvgIpc) is 2.54. The van der Waals surface area contributed by atoms with Gasteiger partial charge in [-0.25, -0.2) is 0 Å². The summed E-state index contributed by atoms with van der Waals surface area (Å²) in [4.78, 5) is 10.1. The molecule has 1 heteroatoms. The van der Waals surface area contributed by atoms with E-state index in [1.165, 1.54) is 96.3 Å². The number of aldehydes is 1. The molecule has 0 aliphatic heterocycles. The summed E-state index contributed by atoms with van der Waals surface area (Å²) in [5.41, 5.74) is 0. The first kappa shape index (κ1) is 23.9. The Morgan fingerprint density at radius 1 is 0.455 bits per heavy atom. The van der Waals surface area contributed by atoms with Gasteiger partial charge in [-0.3, -0.25) is 0 Å². The minimum atomic E-state index is 0.761. The second-order valence-corrected chi connectivity index (χ2v) is 6.55. The van der Waals surface area contributed by atoms with E-state index in [9.17, 15) is 4.79 Å². The van der Waals surface area contributed by atoms with Gasteiger partial charge in [0.1, 0.15) is 6.29 Å². The zero-order chi connectivity index (χ0) is 16.7. The summed E-state index contributed by atoms with van der Waals surface area (Å²) >= 11 is 0. The second-order valence-electron chi connectivity index (χ2n) is 6.55. The van der Waals surface area contributed by atoms with Crippen molar-refractivity contribution in [3.05, 3.63) is 0 Å². The van der Waals surface area contributed by atoms with Crippen LogP contribution < -0.4 is 0 Å². The number of hydrogen-bond acceptors (Lipinski definition) is 1. The number of rotatable bonds is 16. The molecule has 0 aliphatic carbocycles. The Kier molecular flexibility index (Phi) is 27.9. The van der Waals surface area contributed by atoms with Crippen molar-refractivity contribution < 1.29 is 4.79 Å². The number of carbonyl (C=O) groups is 1. The first-order chi connectivity index (χ1) is 10.8. The lowest BCUT2D eigenvalue weighted by Crippen LogP contribution is -1.83. The van der Waals surface area contributed by atoms with Crippen LogP contribution in [0.1, 0.15) is 130 Å². The summed E-state index contributed by atoms with van der Waals surface area (Å²) in [5, 5.41) is 0. The van der Waals surface area contributed by atoms with Crippen LogP contribution in [0.15, 0.2) is 0 Å². The van der Waals surface area contributed by atoms with Crippen molar-refractivity contribution in [3.8, 4) is 0 Å². The molecule has 0 heterocycles. The van der Waals surface area contributed by atoms with Crippen molar-refractivity contribution in [3.63, 3.8) is 0 Å². The second kappa shape index (κ2) is 25.6. The summed E-state index contributed by atoms with van der Waals surface area (Å²) < 4.78 is 0. The summed E-state index contributed by atoms with van der Waals surface area (Å²) in [6.45, 7) is 6.73. The predicted octanol–water partition coefficient (Wildman–Crippen LogP) is 7.86. The lowest BCUT2D eigenvalue weighted by Gasteiger charge is -2.01. The molecule has 0 saturated heterocycles. The van der Waals surface area contributed by atoms with Crippen LogP contribution in [-0.4, -0.2) is 6.29 Å². The number of unbranched alkanes of at least 4 members (excludes halogenated alkanes) is 15. The monoisotopic (exact) mass is 312 g/mol. The van der Waals surface area contributed by atoms with Crippen LogP contribution in [0.25, 0.3) is 0 Å². The first-order valence-electron chi connectivity index (χ1n) is 10.3. The molecule has 0 spiro atoms. The fourth-order valence-corrected chi connectivity index (χ4v) is 2.57. The highest BCUT2D eigenvalue weighted by molar-refractivity contribution is 5.48. The molecule has 0 aromatic heterocycles. The van der Waals surface area contributed by atoms with Crippen LogP contribution in [0, 0.1) is 0 Å². The minimum absolute atomic E-state index is 0.761. The fraction of sp³-hybridized carbons (Fsp3) is 0.952. The van der Waals surface area contributed by atoms with Gasteiger partial charge in [0.15, 0.2) is 0 Å². The molecular formula is C21H44O. The van der Waals surface area contributed by atoms with E-state index >= 15 is 0 Å². The lowest BCUT2D eigenvalue weighted by molar-refractivity contribution is -0.107. The Morgan fingerprint density at radius 2 is 0.727 bits per heavy atom. The van der Waals surface area contributed by atoms with Gasteiger partial charge in [-0.2, -0.15) is 0 Å². The van der Waals surface area contributed by atoms with Crippen LogP contribution in [0.2, 0.25) is 0 Å². The van der Waals surface area contributed by atoms with Gasteiger partial charge in [0.2, 0.25) is 0 Å². The van der Waals surface area contributed by atoms with E-state index in [-0.39, 0.29) is 0 Å². The van der Waals surface area contributed by atoms with E-state index in [1.807, 2.05) is 0 Å². The van der Waals surface area contributed by atoms with Crippen LogP contribution in [0.4, 0.5) is 0 Å². The van der Waals surface area contributed by atoms with Gasteiger partial charge in [-0.1, -0.05) is 117 Å². The van der Waals surface area contributed by atoms with E-state index in [0.717, 1.165) is 19.1 Å². The smallest absolute Gasteiger partial charge is 0.119 e. The summed E-state index contributed by atoms with van der Waals surface area (Å²) in [5.74, 6) is 0. The normalized spacial score (nSPS) is 10.1. The number of carbonyl (C=O) groups excluding carboxylic acids is 1. The molecule has 0 saturated carbocycles. The van der Waals surface area contributed by atoms with Gasteiger partial charge >= 0.3 is 0 Å². The molecule has 0 atom stereocenters. The van der Waals surface area contributed by atoms with Gasteiger partial charge in [0.25, 0.3) is 0 Å². The van der Waals surface area contributed by atoms with Crippen LogP contribution in [0.3, 0.4) is 0 Å². The molecule has 0 unspecified atom stereocenters. The van der Waals surface area contributed by atoms with E-state index in [2.05, 4.69) is 20.8 Å². The SMILES string of the molecule is CCCCCC.CCCCCCCCCCCCCCC=O. The van der Waals surface area contributed by atoms with Crippen LogP contribution in [-0.2, 0) is 4.79 Å². The standard InChI is InChI=1S/C15H30O.C6H14/c1-2-3-4-5-6-7-8-9-10-11-12-13-14-15-16;1-3-5-6-4-2/h15H,2-14H2,1H3;3-6H2,1-2H3. The van der Waals surface area contributed by atoms with E-state index < -0.39 is 0 Å². The molecule has 0 N–H and O–H groups in total. The van der Waals surface area contributed by atoms with Gasteiger partial charge in [0, 0.05) is 6.42 Å². The molecule has 0 bridgehead atoms. The van der Waals surface area contributed by atoms with Crippen molar-refractivity contribution in [1.82, 2.24) is 0 Å². The molecule has 22 heavy (non-hydrogen) atoms. The third-order valence-corrected chi connectivity index (χ3v) is 4.13. The molecule has 1 nitrogen and oxygen atoms in total.